The highest BCUT2D eigenvalue weighted by molar-refractivity contribution is 7.69. The van der Waals surface area contributed by atoms with Crippen LogP contribution in [-0.2, 0) is 33.4 Å². The van der Waals surface area contributed by atoms with Crippen molar-refractivity contribution in [2.45, 2.75) is 52.5 Å². The summed E-state index contributed by atoms with van der Waals surface area (Å²) in [6, 6.07) is 9.73. The Bertz CT molecular complexity index is 1430. The van der Waals surface area contributed by atoms with E-state index in [2.05, 4.69) is 12.2 Å². The Hall–Kier alpha value is -3.28. The molecule has 0 saturated heterocycles. The first-order valence-electron chi connectivity index (χ1n) is 13.0. The van der Waals surface area contributed by atoms with Gasteiger partial charge in [-0.05, 0) is 56.2 Å². The van der Waals surface area contributed by atoms with Crippen LogP contribution < -0.4 is 5.32 Å². The van der Waals surface area contributed by atoms with Crippen LogP contribution >= 0.6 is 0 Å². The van der Waals surface area contributed by atoms with Crippen molar-refractivity contribution < 1.29 is 32.3 Å². The molecule has 0 radical (unpaired) electrons. The third-order valence-electron chi connectivity index (χ3n) is 6.99. The third kappa shape index (κ3) is 6.48. The lowest BCUT2D eigenvalue weighted by molar-refractivity contribution is -0.150. The number of carbonyl (C=O) groups is 2. The number of nitrogens with zero attached hydrogens (tertiary/aromatic N) is 2. The number of aliphatic carboxylic acids is 1. The lowest BCUT2D eigenvalue weighted by Crippen LogP contribution is -2.32. The van der Waals surface area contributed by atoms with Crippen molar-refractivity contribution in [3.63, 3.8) is 0 Å². The van der Waals surface area contributed by atoms with E-state index in [1.54, 1.807) is 20.9 Å². The SMILES string of the molecule is CCc1ccc(-c2oc3nc(CN(CCOCC(C)(C)C(=O)O)[SH](=O)=O)c(C4CC4)cc3c2C(=O)NC)cc1. The average molecular weight is 558 g/mol. The number of hydrogen-bond acceptors (Lipinski definition) is 7. The van der Waals surface area contributed by atoms with E-state index in [1.165, 1.54) is 4.31 Å². The largest absolute Gasteiger partial charge is 0.481 e. The van der Waals surface area contributed by atoms with E-state index in [9.17, 15) is 23.1 Å². The number of rotatable bonds is 13. The number of carbonyl (C=O) groups excluding carboxylic acids is 1. The number of benzene rings is 1. The molecule has 2 aromatic heterocycles. The second kappa shape index (κ2) is 11.8. The predicted octanol–water partition coefficient (Wildman–Crippen LogP) is 3.75. The number of carboxylic acids is 1. The molecule has 2 N–H and O–H groups in total. The van der Waals surface area contributed by atoms with Crippen LogP contribution in [0.15, 0.2) is 34.7 Å². The van der Waals surface area contributed by atoms with Crippen LogP contribution in [-0.4, -0.2) is 61.5 Å². The van der Waals surface area contributed by atoms with Gasteiger partial charge < -0.3 is 19.6 Å². The van der Waals surface area contributed by atoms with Gasteiger partial charge in [-0.3, -0.25) is 9.59 Å². The van der Waals surface area contributed by atoms with Crippen molar-refractivity contribution in [1.29, 1.82) is 0 Å². The van der Waals surface area contributed by atoms with Gasteiger partial charge in [0.25, 0.3) is 5.91 Å². The van der Waals surface area contributed by atoms with Crippen LogP contribution in [0, 0.1) is 5.41 Å². The fourth-order valence-electron chi connectivity index (χ4n) is 4.35. The van der Waals surface area contributed by atoms with E-state index < -0.39 is 22.3 Å². The molecule has 0 unspecified atom stereocenters. The van der Waals surface area contributed by atoms with Gasteiger partial charge in [0, 0.05) is 19.2 Å². The summed E-state index contributed by atoms with van der Waals surface area (Å²) in [4.78, 5) is 29.0. The van der Waals surface area contributed by atoms with E-state index >= 15 is 0 Å². The molecule has 0 aliphatic heterocycles. The molecule has 0 spiro atoms. The fourth-order valence-corrected chi connectivity index (χ4v) is 4.84. The van der Waals surface area contributed by atoms with Crippen molar-refractivity contribution in [3.05, 3.63) is 52.7 Å². The zero-order chi connectivity index (χ0) is 28.3. The number of fused-ring (bicyclic) bond motifs is 1. The first-order chi connectivity index (χ1) is 18.6. The van der Waals surface area contributed by atoms with Crippen LogP contribution in [0.2, 0.25) is 0 Å². The van der Waals surface area contributed by atoms with Crippen LogP contribution in [0.25, 0.3) is 22.4 Å². The van der Waals surface area contributed by atoms with Crippen molar-refractivity contribution in [2.75, 3.05) is 26.8 Å². The first-order valence-corrected chi connectivity index (χ1v) is 14.2. The minimum absolute atomic E-state index is 0.0166. The number of pyridine rings is 1. The van der Waals surface area contributed by atoms with E-state index in [4.69, 9.17) is 14.1 Å². The van der Waals surface area contributed by atoms with Gasteiger partial charge in [-0.25, -0.2) is 13.4 Å². The van der Waals surface area contributed by atoms with Crippen molar-refractivity contribution in [1.82, 2.24) is 14.6 Å². The minimum atomic E-state index is -2.95. The molecule has 10 nitrogen and oxygen atoms in total. The molecular weight excluding hydrogens is 522 g/mol. The van der Waals surface area contributed by atoms with Gasteiger partial charge in [-0.1, -0.05) is 31.2 Å². The molecule has 0 bridgehead atoms. The van der Waals surface area contributed by atoms with Crippen LogP contribution in [0.3, 0.4) is 0 Å². The molecule has 1 aliphatic carbocycles. The number of nitrogens with one attached hydrogen (secondary N) is 1. The molecule has 1 aliphatic rings. The monoisotopic (exact) mass is 557 g/mol. The summed E-state index contributed by atoms with van der Waals surface area (Å²) in [6.07, 6.45) is 2.80. The van der Waals surface area contributed by atoms with Gasteiger partial charge in [0.05, 0.1) is 41.8 Å². The van der Waals surface area contributed by atoms with Crippen LogP contribution in [0.4, 0.5) is 0 Å². The Morgan fingerprint density at radius 1 is 1.23 bits per heavy atom. The van der Waals surface area contributed by atoms with Gasteiger partial charge in [-0.2, -0.15) is 4.31 Å². The number of amides is 1. The Balaban J connectivity index is 1.67. The predicted molar refractivity (Wildman–Crippen MR) is 147 cm³/mol. The number of carboxylic acid groups (broad SMARTS) is 1. The maximum atomic E-state index is 13.0. The number of furan rings is 1. The summed E-state index contributed by atoms with van der Waals surface area (Å²) in [7, 11) is -1.39. The van der Waals surface area contributed by atoms with Gasteiger partial charge >= 0.3 is 5.97 Å². The summed E-state index contributed by atoms with van der Waals surface area (Å²) in [5, 5.41) is 12.5. The van der Waals surface area contributed by atoms with Crippen molar-refractivity contribution >= 4 is 33.9 Å². The molecule has 39 heavy (non-hydrogen) atoms. The highest BCUT2D eigenvalue weighted by atomic mass is 32.2. The molecule has 1 amide bonds. The molecule has 0 atom stereocenters. The lowest BCUT2D eigenvalue weighted by Gasteiger charge is -2.21. The van der Waals surface area contributed by atoms with E-state index in [0.717, 1.165) is 36.0 Å². The van der Waals surface area contributed by atoms with Gasteiger partial charge in [-0.15, -0.1) is 0 Å². The van der Waals surface area contributed by atoms with E-state index in [0.29, 0.717) is 22.4 Å². The smallest absolute Gasteiger partial charge is 0.311 e. The summed E-state index contributed by atoms with van der Waals surface area (Å²) >= 11 is 0. The van der Waals surface area contributed by atoms with Crippen molar-refractivity contribution in [3.8, 4) is 11.3 Å². The normalized spacial score (nSPS) is 13.9. The van der Waals surface area contributed by atoms with Gasteiger partial charge in [0.2, 0.25) is 16.6 Å². The van der Waals surface area contributed by atoms with Gasteiger partial charge in [0.15, 0.2) is 0 Å². The average Bonchev–Trinajstić information content (AvgIpc) is 3.69. The zero-order valence-corrected chi connectivity index (χ0v) is 23.5. The molecular formula is C28H35N3O7S. The van der Waals surface area contributed by atoms with Crippen molar-refractivity contribution in [2.24, 2.45) is 5.41 Å². The quantitative estimate of drug-likeness (QED) is 0.213. The Labute approximate surface area is 229 Å². The number of aryl methyl sites for hydroxylation is 1. The first kappa shape index (κ1) is 28.7. The summed E-state index contributed by atoms with van der Waals surface area (Å²) in [6.45, 7) is 5.23. The minimum Gasteiger partial charge on any atom is -0.481 e. The summed E-state index contributed by atoms with van der Waals surface area (Å²) in [5.41, 5.74) is 2.98. The summed E-state index contributed by atoms with van der Waals surface area (Å²) < 4.78 is 37.1. The third-order valence-corrected chi connectivity index (χ3v) is 7.79. The molecule has 1 fully saturated rings. The maximum absolute atomic E-state index is 13.0. The summed E-state index contributed by atoms with van der Waals surface area (Å²) in [5.74, 6) is -0.628. The number of aromatic nitrogens is 1. The Morgan fingerprint density at radius 3 is 2.49 bits per heavy atom. The highest BCUT2D eigenvalue weighted by Crippen LogP contribution is 2.44. The fraction of sp³-hybridized carbons (Fsp3) is 0.464. The van der Waals surface area contributed by atoms with Gasteiger partial charge in [0.1, 0.15) is 5.76 Å². The second-order valence-corrected chi connectivity index (χ2v) is 11.5. The lowest BCUT2D eigenvalue weighted by atomic mass is 9.95. The molecule has 2 heterocycles. The molecule has 3 aromatic rings. The molecule has 1 saturated carbocycles. The molecule has 11 heteroatoms. The molecule has 210 valence electrons. The molecule has 1 aromatic carbocycles. The maximum Gasteiger partial charge on any atom is 0.311 e. The van der Waals surface area contributed by atoms with Crippen LogP contribution in [0.1, 0.15) is 66.7 Å². The number of hydrogen-bond donors (Lipinski definition) is 3. The van der Waals surface area contributed by atoms with E-state index in [-0.39, 0.29) is 43.8 Å². The van der Waals surface area contributed by atoms with Crippen LogP contribution in [0.5, 0.6) is 0 Å². The molecule has 4 rings (SSSR count). The number of thiol groups is 1. The standard InChI is InChI=1S/C28H35N3O7S/c1-5-17-6-8-19(9-7-17)24-23(25(32)29-4)21-14-20(18-10-11-18)22(30-26(21)38-24)15-31(39(35)36)12-13-37-16-28(2,3)27(33)34/h6-9,14,18,39H,5,10-13,15-16H2,1-4H3,(H,29,32)(H,33,34). The van der Waals surface area contributed by atoms with E-state index in [1.807, 2.05) is 30.3 Å². The number of ether oxygens (including phenoxy) is 1. The Morgan fingerprint density at radius 2 is 1.92 bits per heavy atom. The topological polar surface area (TPSA) is 139 Å². The zero-order valence-electron chi connectivity index (χ0n) is 22.7. The Kier molecular flexibility index (Phi) is 8.73. The highest BCUT2D eigenvalue weighted by Gasteiger charge is 2.31. The second-order valence-electron chi connectivity index (χ2n) is 10.5.